The van der Waals surface area contributed by atoms with E-state index in [0.29, 0.717) is 18.1 Å². The summed E-state index contributed by atoms with van der Waals surface area (Å²) in [5.74, 6) is 0.481. The SMILES string of the molecule is COC(=O)[C@@H](CCSC)NC(=S)N(C)Cc1cc(=O)[nH]c2ccccc12. The van der Waals surface area contributed by atoms with Crippen LogP contribution in [0.25, 0.3) is 10.9 Å². The summed E-state index contributed by atoms with van der Waals surface area (Å²) in [6.45, 7) is 0.451. The maximum Gasteiger partial charge on any atom is 0.328 e. The fourth-order valence-corrected chi connectivity index (χ4v) is 3.30. The van der Waals surface area contributed by atoms with Crippen molar-refractivity contribution >= 4 is 46.0 Å². The van der Waals surface area contributed by atoms with Gasteiger partial charge in [0.05, 0.1) is 7.11 Å². The van der Waals surface area contributed by atoms with Gasteiger partial charge in [0.2, 0.25) is 5.56 Å². The summed E-state index contributed by atoms with van der Waals surface area (Å²) < 4.78 is 4.85. The molecule has 8 heteroatoms. The lowest BCUT2D eigenvalue weighted by molar-refractivity contribution is -0.142. The molecule has 140 valence electrons. The number of fused-ring (bicyclic) bond motifs is 1. The summed E-state index contributed by atoms with van der Waals surface area (Å²) in [5.41, 5.74) is 1.50. The molecule has 1 aromatic heterocycles. The molecule has 2 N–H and O–H groups in total. The first kappa shape index (κ1) is 20.3. The predicted octanol–water partition coefficient (Wildman–Crippen LogP) is 2.13. The maximum absolute atomic E-state index is 11.9. The van der Waals surface area contributed by atoms with Gasteiger partial charge >= 0.3 is 5.97 Å². The second kappa shape index (κ2) is 9.59. The fraction of sp³-hybridized carbons (Fsp3) is 0.389. The molecular formula is C18H23N3O3S2. The molecule has 0 unspecified atom stereocenters. The molecule has 0 spiro atoms. The van der Waals surface area contributed by atoms with E-state index in [-0.39, 0.29) is 11.5 Å². The largest absolute Gasteiger partial charge is 0.467 e. The Morgan fingerprint density at radius 2 is 2.15 bits per heavy atom. The van der Waals surface area contributed by atoms with Gasteiger partial charge in [-0.25, -0.2) is 4.79 Å². The van der Waals surface area contributed by atoms with Crippen molar-refractivity contribution in [2.24, 2.45) is 0 Å². The summed E-state index contributed by atoms with van der Waals surface area (Å²) in [5, 5.41) is 4.47. The number of esters is 1. The van der Waals surface area contributed by atoms with Gasteiger partial charge in [0.15, 0.2) is 5.11 Å². The van der Waals surface area contributed by atoms with Gasteiger partial charge in [-0.2, -0.15) is 11.8 Å². The van der Waals surface area contributed by atoms with Gasteiger partial charge in [0.25, 0.3) is 0 Å². The lowest BCUT2D eigenvalue weighted by atomic mass is 10.1. The molecule has 0 aliphatic carbocycles. The van der Waals surface area contributed by atoms with Crippen molar-refractivity contribution in [1.82, 2.24) is 15.2 Å². The summed E-state index contributed by atoms with van der Waals surface area (Å²) >= 11 is 7.10. The van der Waals surface area contributed by atoms with E-state index >= 15 is 0 Å². The highest BCUT2D eigenvalue weighted by atomic mass is 32.2. The average molecular weight is 394 g/mol. The van der Waals surface area contributed by atoms with Crippen LogP contribution in [-0.4, -0.2) is 53.2 Å². The highest BCUT2D eigenvalue weighted by Gasteiger charge is 2.21. The third kappa shape index (κ3) is 5.22. The number of hydrogen-bond donors (Lipinski definition) is 2. The van der Waals surface area contributed by atoms with Crippen molar-refractivity contribution in [2.75, 3.05) is 26.2 Å². The number of aromatic amines is 1. The summed E-state index contributed by atoms with van der Waals surface area (Å²) in [4.78, 5) is 28.5. The molecular weight excluding hydrogens is 370 g/mol. The minimum absolute atomic E-state index is 0.154. The van der Waals surface area contributed by atoms with E-state index in [2.05, 4.69) is 10.3 Å². The summed E-state index contributed by atoms with van der Waals surface area (Å²) in [6.07, 6.45) is 2.60. The number of para-hydroxylation sites is 1. The Morgan fingerprint density at radius 1 is 1.42 bits per heavy atom. The Labute approximate surface area is 162 Å². The Bertz CT molecular complexity index is 838. The van der Waals surface area contributed by atoms with Crippen molar-refractivity contribution < 1.29 is 9.53 Å². The molecule has 0 saturated carbocycles. The number of H-pyrrole nitrogens is 1. The number of carbonyl (C=O) groups is 1. The Morgan fingerprint density at radius 3 is 2.85 bits per heavy atom. The van der Waals surface area contributed by atoms with Gasteiger partial charge in [0, 0.05) is 30.6 Å². The Balaban J connectivity index is 2.13. The molecule has 1 atom stereocenters. The quantitative estimate of drug-likeness (QED) is 0.551. The molecule has 26 heavy (non-hydrogen) atoms. The lowest BCUT2D eigenvalue weighted by Gasteiger charge is -2.25. The second-order valence-corrected chi connectivity index (χ2v) is 7.24. The molecule has 0 aliphatic heterocycles. The van der Waals surface area contributed by atoms with Crippen molar-refractivity contribution in [3.63, 3.8) is 0 Å². The smallest absolute Gasteiger partial charge is 0.328 e. The van der Waals surface area contributed by atoms with Crippen molar-refractivity contribution in [3.8, 4) is 0 Å². The van der Waals surface area contributed by atoms with E-state index in [9.17, 15) is 9.59 Å². The van der Waals surface area contributed by atoms with Crippen LogP contribution in [0.1, 0.15) is 12.0 Å². The number of pyridine rings is 1. The van der Waals surface area contributed by atoms with Gasteiger partial charge < -0.3 is 19.9 Å². The van der Waals surface area contributed by atoms with Crippen LogP contribution in [0.2, 0.25) is 0 Å². The number of thioether (sulfide) groups is 1. The van der Waals surface area contributed by atoms with E-state index in [1.54, 1.807) is 17.8 Å². The zero-order chi connectivity index (χ0) is 19.1. The second-order valence-electron chi connectivity index (χ2n) is 5.87. The molecule has 0 aliphatic rings. The van der Waals surface area contributed by atoms with Gasteiger partial charge in [0.1, 0.15) is 6.04 Å². The van der Waals surface area contributed by atoms with Crippen molar-refractivity contribution in [2.45, 2.75) is 19.0 Å². The third-order valence-electron chi connectivity index (χ3n) is 3.98. The average Bonchev–Trinajstić information content (AvgIpc) is 2.64. The van der Waals surface area contributed by atoms with E-state index in [0.717, 1.165) is 22.2 Å². The number of rotatable bonds is 7. The van der Waals surface area contributed by atoms with Crippen molar-refractivity contribution in [1.29, 1.82) is 0 Å². The highest BCUT2D eigenvalue weighted by molar-refractivity contribution is 7.98. The lowest BCUT2D eigenvalue weighted by Crippen LogP contribution is -2.47. The summed E-state index contributed by atoms with van der Waals surface area (Å²) in [7, 11) is 3.19. The standard InChI is InChI=1S/C18H23N3O3S2/c1-21(18(25)20-15(8-9-26-3)17(23)24-2)11-12-10-16(22)19-14-7-5-4-6-13(12)14/h4-7,10,15H,8-9,11H2,1-3H3,(H,19,22)(H,20,25)/t15-/m1/s1. The van der Waals surface area contributed by atoms with Crippen LogP contribution in [0.5, 0.6) is 0 Å². The van der Waals surface area contributed by atoms with E-state index in [1.165, 1.54) is 7.11 Å². The minimum atomic E-state index is -0.488. The predicted molar refractivity (Wildman–Crippen MR) is 111 cm³/mol. The van der Waals surface area contributed by atoms with E-state index in [1.807, 2.05) is 42.5 Å². The fourth-order valence-electron chi connectivity index (χ4n) is 2.62. The number of nitrogens with one attached hydrogen (secondary N) is 2. The van der Waals surface area contributed by atoms with Crippen LogP contribution in [-0.2, 0) is 16.1 Å². The van der Waals surface area contributed by atoms with Gasteiger partial charge in [-0.3, -0.25) is 4.79 Å². The van der Waals surface area contributed by atoms with Crippen molar-refractivity contribution in [3.05, 3.63) is 46.2 Å². The zero-order valence-electron chi connectivity index (χ0n) is 15.1. The van der Waals surface area contributed by atoms with Crippen LogP contribution in [0, 0.1) is 0 Å². The van der Waals surface area contributed by atoms with E-state index in [4.69, 9.17) is 17.0 Å². The Hall–Kier alpha value is -2.06. The first-order valence-electron chi connectivity index (χ1n) is 8.15. The van der Waals surface area contributed by atoms with Crippen LogP contribution in [0.4, 0.5) is 0 Å². The van der Waals surface area contributed by atoms with Crippen LogP contribution < -0.4 is 10.9 Å². The first-order valence-corrected chi connectivity index (χ1v) is 9.95. The number of ether oxygens (including phenoxy) is 1. The number of hydrogen-bond acceptors (Lipinski definition) is 5. The van der Waals surface area contributed by atoms with Crippen LogP contribution in [0.3, 0.4) is 0 Å². The first-order chi connectivity index (χ1) is 12.5. The topological polar surface area (TPSA) is 74.4 Å². The molecule has 6 nitrogen and oxygen atoms in total. The number of aromatic nitrogens is 1. The molecule has 1 heterocycles. The third-order valence-corrected chi connectivity index (χ3v) is 5.06. The molecule has 0 radical (unpaired) electrons. The van der Waals surface area contributed by atoms with Gasteiger partial charge in [-0.05, 0) is 42.3 Å². The number of benzene rings is 1. The molecule has 0 saturated heterocycles. The van der Waals surface area contributed by atoms with E-state index < -0.39 is 6.04 Å². The molecule has 0 amide bonds. The number of carbonyl (C=O) groups excluding carboxylic acids is 1. The highest BCUT2D eigenvalue weighted by Crippen LogP contribution is 2.16. The number of nitrogens with zero attached hydrogens (tertiary/aromatic N) is 1. The van der Waals surface area contributed by atoms with Gasteiger partial charge in [-0.15, -0.1) is 0 Å². The Kier molecular flexibility index (Phi) is 7.47. The number of methoxy groups -OCH3 is 1. The molecule has 0 fully saturated rings. The molecule has 0 bridgehead atoms. The monoisotopic (exact) mass is 393 g/mol. The normalized spacial score (nSPS) is 11.8. The molecule has 2 aromatic rings. The molecule has 1 aromatic carbocycles. The maximum atomic E-state index is 11.9. The van der Waals surface area contributed by atoms with Crippen LogP contribution >= 0.6 is 24.0 Å². The van der Waals surface area contributed by atoms with Crippen LogP contribution in [0.15, 0.2) is 35.1 Å². The zero-order valence-corrected chi connectivity index (χ0v) is 16.7. The number of thiocarbonyl (C=S) groups is 1. The molecule has 2 rings (SSSR count). The minimum Gasteiger partial charge on any atom is -0.467 e. The summed E-state index contributed by atoms with van der Waals surface area (Å²) in [6, 6.07) is 8.72. The van der Waals surface area contributed by atoms with Gasteiger partial charge in [-0.1, -0.05) is 18.2 Å².